The van der Waals surface area contributed by atoms with Gasteiger partial charge in [-0.25, -0.2) is 9.48 Å². The van der Waals surface area contributed by atoms with Gasteiger partial charge < -0.3 is 9.84 Å². The molecular formula is C19H21F3N2O3. The van der Waals surface area contributed by atoms with Gasteiger partial charge in [-0.3, -0.25) is 0 Å². The molecule has 2 aromatic rings. The molecule has 1 aromatic carbocycles. The lowest BCUT2D eigenvalue weighted by Crippen LogP contribution is -2.23. The summed E-state index contributed by atoms with van der Waals surface area (Å²) in [6.07, 6.45) is -2.43. The second-order valence-corrected chi connectivity index (χ2v) is 7.61. The first-order valence-electron chi connectivity index (χ1n) is 8.57. The summed E-state index contributed by atoms with van der Waals surface area (Å²) >= 11 is 0. The lowest BCUT2D eigenvalue weighted by atomic mass is 9.76. The first-order chi connectivity index (χ1) is 12.5. The summed E-state index contributed by atoms with van der Waals surface area (Å²) in [4.78, 5) is 12.0. The van der Waals surface area contributed by atoms with Crippen molar-refractivity contribution in [2.75, 3.05) is 7.11 Å². The zero-order valence-electron chi connectivity index (χ0n) is 15.4. The van der Waals surface area contributed by atoms with Gasteiger partial charge >= 0.3 is 12.1 Å². The molecule has 0 saturated heterocycles. The number of aromatic nitrogens is 2. The number of hydrogen-bond donors (Lipinski definition) is 1. The highest BCUT2D eigenvalue weighted by atomic mass is 19.4. The van der Waals surface area contributed by atoms with Gasteiger partial charge in [-0.1, -0.05) is 13.8 Å². The van der Waals surface area contributed by atoms with Crippen molar-refractivity contribution in [1.29, 1.82) is 0 Å². The number of carbonyl (C=O) groups is 1. The van der Waals surface area contributed by atoms with Crippen LogP contribution in [-0.2, 0) is 30.4 Å². The standard InChI is InChI=1S/C19H21F3N2O3/c1-18(2)7-6-14-13(9-18)16(17(25)26)24(23-14)15-5-4-12(19(20,21)22)8-11(15)10-27-3/h4-5,8H,6-7,9-10H2,1-3H3,(H,25,26). The van der Waals surface area contributed by atoms with Crippen LogP contribution in [0, 0.1) is 5.41 Å². The summed E-state index contributed by atoms with van der Waals surface area (Å²) in [6.45, 7) is 4.04. The van der Waals surface area contributed by atoms with E-state index in [0.717, 1.165) is 18.6 Å². The minimum Gasteiger partial charge on any atom is -0.476 e. The van der Waals surface area contributed by atoms with E-state index in [1.807, 2.05) is 0 Å². The van der Waals surface area contributed by atoms with E-state index in [0.29, 0.717) is 24.1 Å². The van der Waals surface area contributed by atoms with Crippen molar-refractivity contribution in [2.24, 2.45) is 5.41 Å². The third-order valence-corrected chi connectivity index (χ3v) is 4.90. The normalized spacial score (nSPS) is 16.2. The minimum absolute atomic E-state index is 0.00915. The van der Waals surface area contributed by atoms with Crippen LogP contribution in [0.25, 0.3) is 5.69 Å². The smallest absolute Gasteiger partial charge is 0.416 e. The second kappa shape index (κ2) is 6.67. The number of alkyl halides is 3. The van der Waals surface area contributed by atoms with Crippen LogP contribution in [0.5, 0.6) is 0 Å². The van der Waals surface area contributed by atoms with Crippen LogP contribution in [0.15, 0.2) is 18.2 Å². The highest BCUT2D eigenvalue weighted by molar-refractivity contribution is 5.89. The quantitative estimate of drug-likeness (QED) is 0.859. The Morgan fingerprint density at radius 3 is 2.67 bits per heavy atom. The van der Waals surface area contributed by atoms with Gasteiger partial charge in [0.15, 0.2) is 5.69 Å². The lowest BCUT2D eigenvalue weighted by Gasteiger charge is -2.28. The number of halogens is 3. The van der Waals surface area contributed by atoms with Crippen molar-refractivity contribution in [3.05, 3.63) is 46.3 Å². The Labute approximate surface area is 154 Å². The summed E-state index contributed by atoms with van der Waals surface area (Å²) < 4.78 is 45.5. The van der Waals surface area contributed by atoms with Gasteiger partial charge in [0, 0.05) is 18.2 Å². The molecule has 0 bridgehead atoms. The summed E-state index contributed by atoms with van der Waals surface area (Å²) in [5.41, 5.74) is 1.00. The maximum absolute atomic E-state index is 13.1. The molecule has 1 aromatic heterocycles. The molecule has 0 spiro atoms. The van der Waals surface area contributed by atoms with Gasteiger partial charge in [0.1, 0.15) is 0 Å². The van der Waals surface area contributed by atoms with Crippen LogP contribution >= 0.6 is 0 Å². The molecule has 1 heterocycles. The van der Waals surface area contributed by atoms with E-state index in [1.165, 1.54) is 17.9 Å². The fraction of sp³-hybridized carbons (Fsp3) is 0.474. The zero-order chi connectivity index (χ0) is 20.0. The fourth-order valence-electron chi connectivity index (χ4n) is 3.54. The monoisotopic (exact) mass is 382 g/mol. The number of aryl methyl sites for hydroxylation is 1. The number of rotatable bonds is 4. The SMILES string of the molecule is COCc1cc(C(F)(F)F)ccc1-n1nc2c(c1C(=O)O)CC(C)(C)CC2. The maximum Gasteiger partial charge on any atom is 0.416 e. The molecule has 5 nitrogen and oxygen atoms in total. The third kappa shape index (κ3) is 3.71. The first kappa shape index (κ1) is 19.4. The van der Waals surface area contributed by atoms with Crippen molar-refractivity contribution in [2.45, 2.75) is 45.9 Å². The molecule has 3 rings (SSSR count). The van der Waals surface area contributed by atoms with Crippen LogP contribution < -0.4 is 0 Å². The van der Waals surface area contributed by atoms with E-state index in [1.54, 1.807) is 0 Å². The molecule has 8 heteroatoms. The number of carboxylic acid groups (broad SMARTS) is 1. The average molecular weight is 382 g/mol. The molecule has 0 radical (unpaired) electrons. The number of methoxy groups -OCH3 is 1. The van der Waals surface area contributed by atoms with Crippen molar-refractivity contribution < 1.29 is 27.8 Å². The number of benzene rings is 1. The van der Waals surface area contributed by atoms with Gasteiger partial charge in [0.05, 0.1) is 23.6 Å². The van der Waals surface area contributed by atoms with Crippen LogP contribution in [0.4, 0.5) is 13.2 Å². The number of hydrogen-bond acceptors (Lipinski definition) is 3. The van der Waals surface area contributed by atoms with E-state index in [-0.39, 0.29) is 29.0 Å². The summed E-state index contributed by atoms with van der Waals surface area (Å²) in [6, 6.07) is 3.17. The number of nitrogens with zero attached hydrogens (tertiary/aromatic N) is 2. The Morgan fingerprint density at radius 2 is 2.07 bits per heavy atom. The molecule has 146 valence electrons. The minimum atomic E-state index is -4.50. The molecule has 27 heavy (non-hydrogen) atoms. The molecular weight excluding hydrogens is 361 g/mol. The molecule has 0 atom stereocenters. The Hall–Kier alpha value is -2.35. The van der Waals surface area contributed by atoms with Crippen LogP contribution in [-0.4, -0.2) is 28.0 Å². The first-order valence-corrected chi connectivity index (χ1v) is 8.57. The highest BCUT2D eigenvalue weighted by Gasteiger charge is 2.35. The largest absolute Gasteiger partial charge is 0.476 e. The van der Waals surface area contributed by atoms with E-state index in [4.69, 9.17) is 4.74 Å². The van der Waals surface area contributed by atoms with E-state index in [9.17, 15) is 23.1 Å². The Kier molecular flexibility index (Phi) is 4.80. The molecule has 1 aliphatic rings. The van der Waals surface area contributed by atoms with Crippen molar-refractivity contribution >= 4 is 5.97 Å². The fourth-order valence-corrected chi connectivity index (χ4v) is 3.54. The van der Waals surface area contributed by atoms with Crippen LogP contribution in [0.2, 0.25) is 0 Å². The van der Waals surface area contributed by atoms with Gasteiger partial charge in [0.25, 0.3) is 0 Å². The molecule has 1 aliphatic carbocycles. The van der Waals surface area contributed by atoms with Gasteiger partial charge in [-0.15, -0.1) is 0 Å². The molecule has 0 unspecified atom stereocenters. The van der Waals surface area contributed by atoms with Crippen LogP contribution in [0.1, 0.15) is 53.1 Å². The Morgan fingerprint density at radius 1 is 1.37 bits per heavy atom. The molecule has 0 saturated carbocycles. The van der Waals surface area contributed by atoms with Gasteiger partial charge in [0.2, 0.25) is 0 Å². The topological polar surface area (TPSA) is 64.4 Å². The van der Waals surface area contributed by atoms with Crippen molar-refractivity contribution in [1.82, 2.24) is 9.78 Å². The maximum atomic E-state index is 13.1. The zero-order valence-corrected chi connectivity index (χ0v) is 15.4. The van der Waals surface area contributed by atoms with Gasteiger partial charge in [-0.2, -0.15) is 18.3 Å². The van der Waals surface area contributed by atoms with Crippen LogP contribution in [0.3, 0.4) is 0 Å². The Balaban J connectivity index is 2.19. The number of ether oxygens (including phenoxy) is 1. The molecule has 0 fully saturated rings. The summed E-state index contributed by atoms with van der Waals surface area (Å²) in [5.74, 6) is -1.15. The highest BCUT2D eigenvalue weighted by Crippen LogP contribution is 2.38. The predicted molar refractivity (Wildman–Crippen MR) is 92.0 cm³/mol. The number of fused-ring (bicyclic) bond motifs is 1. The molecule has 0 aliphatic heterocycles. The van der Waals surface area contributed by atoms with E-state index < -0.39 is 17.7 Å². The van der Waals surface area contributed by atoms with E-state index >= 15 is 0 Å². The average Bonchev–Trinajstić information content (AvgIpc) is 2.91. The van der Waals surface area contributed by atoms with E-state index in [2.05, 4.69) is 18.9 Å². The Bertz CT molecular complexity index is 885. The van der Waals surface area contributed by atoms with Crippen molar-refractivity contribution in [3.8, 4) is 5.69 Å². The summed E-state index contributed by atoms with van der Waals surface area (Å²) in [7, 11) is 1.37. The summed E-state index contributed by atoms with van der Waals surface area (Å²) in [5, 5.41) is 14.2. The molecule has 0 amide bonds. The number of carboxylic acids is 1. The van der Waals surface area contributed by atoms with Gasteiger partial charge in [-0.05, 0) is 42.9 Å². The molecule has 1 N–H and O–H groups in total. The predicted octanol–water partition coefficient (Wildman–Crippen LogP) is 4.25. The number of aromatic carboxylic acids is 1. The van der Waals surface area contributed by atoms with Crippen molar-refractivity contribution in [3.63, 3.8) is 0 Å². The third-order valence-electron chi connectivity index (χ3n) is 4.90. The lowest BCUT2D eigenvalue weighted by molar-refractivity contribution is -0.137. The second-order valence-electron chi connectivity index (χ2n) is 7.61.